The maximum Gasteiger partial charge on any atom is 0.329 e. The lowest BCUT2D eigenvalue weighted by molar-refractivity contribution is -0.143. The summed E-state index contributed by atoms with van der Waals surface area (Å²) in [5, 5.41) is 18.7. The molecule has 1 aromatic carbocycles. The zero-order chi connectivity index (χ0) is 30.9. The third kappa shape index (κ3) is 9.54. The fourth-order valence-corrected chi connectivity index (χ4v) is 6.30. The molecule has 1 aromatic rings. The van der Waals surface area contributed by atoms with Gasteiger partial charge in [0.2, 0.25) is 17.7 Å². The van der Waals surface area contributed by atoms with Gasteiger partial charge in [-0.3, -0.25) is 23.7 Å². The fourth-order valence-electron chi connectivity index (χ4n) is 5.62. The molecule has 3 amide bonds. The molecule has 0 bridgehead atoms. The molecule has 8 N–H and O–H groups in total. The summed E-state index contributed by atoms with van der Waals surface area (Å²) in [4.78, 5) is 70.3. The number of carboxylic acids is 1. The maximum atomic E-state index is 14.0. The Labute approximate surface area is 245 Å². The van der Waals surface area contributed by atoms with E-state index in [0.29, 0.717) is 61.9 Å². The second-order valence-electron chi connectivity index (χ2n) is 11.1. The lowest BCUT2D eigenvalue weighted by Crippen LogP contribution is -2.63. The summed E-state index contributed by atoms with van der Waals surface area (Å²) in [7, 11) is -4.29. The summed E-state index contributed by atoms with van der Waals surface area (Å²) in [6.07, 6.45) is 6.61. The molecular formula is C29H41N4O8P. The van der Waals surface area contributed by atoms with E-state index in [2.05, 4.69) is 22.5 Å². The van der Waals surface area contributed by atoms with Gasteiger partial charge in [0.15, 0.2) is 0 Å². The van der Waals surface area contributed by atoms with Crippen LogP contribution in [0, 0.1) is 5.92 Å². The number of carboxylic acid groups (broad SMARTS) is 1. The molecule has 0 radical (unpaired) electrons. The Morgan fingerprint density at radius 2 is 1.71 bits per heavy atom. The van der Waals surface area contributed by atoms with E-state index >= 15 is 0 Å². The Kier molecular flexibility index (Phi) is 11.5. The molecule has 1 saturated carbocycles. The summed E-state index contributed by atoms with van der Waals surface area (Å²) < 4.78 is 11.5. The van der Waals surface area contributed by atoms with Gasteiger partial charge in [-0.2, -0.15) is 0 Å². The SMILES string of the molecule is C=C1NCCC/C=C/[C@H](c2ccc(CP(=O)(O)O)cc2)[C@H](CC(=O)O)C(=O)NC2(CCCCC2)C(=O)N[C@H]1CC(N)=O. The first-order valence-electron chi connectivity index (χ1n) is 14.2. The van der Waals surface area contributed by atoms with Crippen LogP contribution >= 0.6 is 7.60 Å². The topological polar surface area (TPSA) is 208 Å². The van der Waals surface area contributed by atoms with E-state index in [0.717, 1.165) is 6.42 Å². The van der Waals surface area contributed by atoms with Crippen molar-refractivity contribution in [2.75, 3.05) is 6.54 Å². The standard InChI is InChI=1S/C29H41N4O8P/c1-19-24(17-25(30)34)32-28(38)29(13-5-3-6-14-29)33-27(37)23(16-26(35)36)22(8-4-2-7-15-31-19)21-11-9-20(10-12-21)18-42(39,40)41/h4,8-12,22-24,31H,1-3,5-7,13-18H2,(H2,30,34)(H,32,38)(H,33,37)(H,35,36)(H2,39,40,41)/b8-4+/t22-,23+,24+/m1/s1. The van der Waals surface area contributed by atoms with E-state index in [-0.39, 0.29) is 6.42 Å². The van der Waals surface area contributed by atoms with E-state index in [1.54, 1.807) is 30.3 Å². The van der Waals surface area contributed by atoms with Crippen LogP contribution < -0.4 is 21.7 Å². The number of carbonyl (C=O) groups is 4. The highest BCUT2D eigenvalue weighted by Crippen LogP contribution is 2.40. The van der Waals surface area contributed by atoms with E-state index in [9.17, 15) is 38.6 Å². The second kappa shape index (κ2) is 14.6. The summed E-state index contributed by atoms with van der Waals surface area (Å²) in [5.41, 5.74) is 5.56. The second-order valence-corrected chi connectivity index (χ2v) is 12.8. The highest BCUT2D eigenvalue weighted by Gasteiger charge is 2.44. The Hall–Kier alpha value is -3.47. The number of hydrogen-bond acceptors (Lipinski definition) is 6. The van der Waals surface area contributed by atoms with Gasteiger partial charge in [0, 0.05) is 18.2 Å². The van der Waals surface area contributed by atoms with Gasteiger partial charge >= 0.3 is 13.6 Å². The number of aliphatic carboxylic acids is 1. The first-order chi connectivity index (χ1) is 19.8. The average Bonchev–Trinajstić information content (AvgIpc) is 2.90. The third-order valence-electron chi connectivity index (χ3n) is 7.80. The predicted molar refractivity (Wildman–Crippen MR) is 156 cm³/mol. The number of benzene rings is 1. The molecule has 3 atom stereocenters. The van der Waals surface area contributed by atoms with E-state index < -0.39 is 67.3 Å². The number of amides is 3. The van der Waals surface area contributed by atoms with Crippen molar-refractivity contribution in [2.24, 2.45) is 11.7 Å². The van der Waals surface area contributed by atoms with Gasteiger partial charge < -0.3 is 36.6 Å². The molecule has 1 aliphatic heterocycles. The first-order valence-corrected chi connectivity index (χ1v) is 16.0. The smallest absolute Gasteiger partial charge is 0.329 e. The highest BCUT2D eigenvalue weighted by atomic mass is 31.2. The minimum Gasteiger partial charge on any atom is -0.481 e. The molecule has 230 valence electrons. The molecule has 1 aliphatic carbocycles. The van der Waals surface area contributed by atoms with Crippen LogP contribution in [-0.4, -0.2) is 56.7 Å². The molecule has 1 heterocycles. The van der Waals surface area contributed by atoms with Crippen LogP contribution in [0.2, 0.25) is 0 Å². The predicted octanol–water partition coefficient (Wildman–Crippen LogP) is 2.17. The Morgan fingerprint density at radius 1 is 1.05 bits per heavy atom. The van der Waals surface area contributed by atoms with Gasteiger partial charge in [-0.15, -0.1) is 0 Å². The van der Waals surface area contributed by atoms with E-state index in [1.165, 1.54) is 0 Å². The van der Waals surface area contributed by atoms with Gasteiger partial charge in [-0.05, 0) is 36.8 Å². The molecule has 42 heavy (non-hydrogen) atoms. The Morgan fingerprint density at radius 3 is 2.31 bits per heavy atom. The zero-order valence-corrected chi connectivity index (χ0v) is 24.5. The summed E-state index contributed by atoms with van der Waals surface area (Å²) in [6, 6.07) is 5.59. The minimum absolute atomic E-state index is 0.177. The normalized spacial score (nSPS) is 24.8. The van der Waals surface area contributed by atoms with Crippen LogP contribution in [0.1, 0.15) is 74.8 Å². The van der Waals surface area contributed by atoms with Gasteiger partial charge in [0.25, 0.3) is 0 Å². The van der Waals surface area contributed by atoms with Crippen molar-refractivity contribution in [2.45, 2.75) is 81.4 Å². The summed E-state index contributed by atoms with van der Waals surface area (Å²) in [5.74, 6) is -4.66. The number of primary amides is 1. The molecule has 0 aromatic heterocycles. The average molecular weight is 605 g/mol. The quantitative estimate of drug-likeness (QED) is 0.179. The van der Waals surface area contributed by atoms with Crippen molar-refractivity contribution in [3.8, 4) is 0 Å². The molecule has 3 rings (SSSR count). The van der Waals surface area contributed by atoms with E-state index in [4.69, 9.17) is 5.73 Å². The van der Waals surface area contributed by atoms with Crippen molar-refractivity contribution in [1.29, 1.82) is 0 Å². The molecule has 13 heteroatoms. The summed E-state index contributed by atoms with van der Waals surface area (Å²) in [6.45, 7) is 4.48. The van der Waals surface area contributed by atoms with Gasteiger partial charge in [-0.25, -0.2) is 0 Å². The number of carbonyl (C=O) groups excluding carboxylic acids is 3. The zero-order valence-electron chi connectivity index (χ0n) is 23.6. The number of nitrogens with one attached hydrogen (secondary N) is 3. The lowest BCUT2D eigenvalue weighted by atomic mass is 9.78. The van der Waals surface area contributed by atoms with Crippen LogP contribution in [-0.2, 0) is 29.9 Å². The van der Waals surface area contributed by atoms with Crippen molar-refractivity contribution >= 4 is 31.3 Å². The van der Waals surface area contributed by atoms with Gasteiger partial charge in [0.1, 0.15) is 5.54 Å². The maximum absolute atomic E-state index is 14.0. The van der Waals surface area contributed by atoms with Crippen molar-refractivity contribution in [3.05, 3.63) is 59.8 Å². The number of rotatable bonds is 7. The largest absolute Gasteiger partial charge is 0.481 e. The lowest BCUT2D eigenvalue weighted by Gasteiger charge is -2.39. The van der Waals surface area contributed by atoms with Crippen LogP contribution in [0.5, 0.6) is 0 Å². The Bertz CT molecular complexity index is 1240. The molecule has 1 spiro atoms. The van der Waals surface area contributed by atoms with Gasteiger partial charge in [0.05, 0.1) is 31.0 Å². The molecular weight excluding hydrogens is 563 g/mol. The number of nitrogens with two attached hydrogens (primary N) is 1. The Balaban J connectivity index is 2.04. The van der Waals surface area contributed by atoms with E-state index in [1.807, 2.05) is 6.08 Å². The van der Waals surface area contributed by atoms with Crippen LogP contribution in [0.4, 0.5) is 0 Å². The molecule has 0 unspecified atom stereocenters. The molecule has 0 saturated heterocycles. The van der Waals surface area contributed by atoms with Crippen molar-refractivity contribution in [1.82, 2.24) is 16.0 Å². The summed E-state index contributed by atoms with van der Waals surface area (Å²) >= 11 is 0. The van der Waals surface area contributed by atoms with Crippen LogP contribution in [0.15, 0.2) is 48.7 Å². The monoisotopic (exact) mass is 604 g/mol. The number of hydrogen-bond donors (Lipinski definition) is 7. The van der Waals surface area contributed by atoms with Crippen LogP contribution in [0.25, 0.3) is 0 Å². The molecule has 12 nitrogen and oxygen atoms in total. The highest BCUT2D eigenvalue weighted by molar-refractivity contribution is 7.50. The van der Waals surface area contributed by atoms with Gasteiger partial charge in [-0.1, -0.05) is 62.3 Å². The van der Waals surface area contributed by atoms with Crippen molar-refractivity contribution < 1.29 is 38.6 Å². The third-order valence-corrected chi connectivity index (χ3v) is 8.57. The minimum atomic E-state index is -4.29. The first kappa shape index (κ1) is 33.0. The van der Waals surface area contributed by atoms with Crippen molar-refractivity contribution in [3.63, 3.8) is 0 Å². The fraction of sp³-hybridized carbons (Fsp3) is 0.517. The molecule has 1 fully saturated rings. The molecule has 2 aliphatic rings. The van der Waals surface area contributed by atoms with Crippen LogP contribution in [0.3, 0.4) is 0 Å². The number of allylic oxidation sites excluding steroid dienone is 2.